The van der Waals surface area contributed by atoms with E-state index in [1.54, 1.807) is 12.3 Å². The van der Waals surface area contributed by atoms with Crippen LogP contribution in [0.1, 0.15) is 17.5 Å². The van der Waals surface area contributed by atoms with Gasteiger partial charge in [-0.1, -0.05) is 18.2 Å². The molecule has 0 spiro atoms. The van der Waals surface area contributed by atoms with E-state index in [1.807, 2.05) is 12.1 Å². The molecule has 2 heterocycles. The molecule has 0 atom stereocenters. The second kappa shape index (κ2) is 4.08. The Hall–Kier alpha value is -2.05. The Morgan fingerprint density at radius 3 is 3.06 bits per heavy atom. The van der Waals surface area contributed by atoms with Gasteiger partial charge in [0.15, 0.2) is 5.58 Å². The average molecular weight is 224 g/mol. The summed E-state index contributed by atoms with van der Waals surface area (Å²) in [5.41, 5.74) is 3.64. The van der Waals surface area contributed by atoms with Crippen LogP contribution in [0.4, 0.5) is 0 Å². The number of hydrogen-bond donors (Lipinski definition) is 1. The van der Waals surface area contributed by atoms with Gasteiger partial charge in [0.25, 0.3) is 0 Å². The molecule has 0 unspecified atom stereocenters. The van der Waals surface area contributed by atoms with Crippen molar-refractivity contribution < 1.29 is 4.42 Å². The van der Waals surface area contributed by atoms with Crippen molar-refractivity contribution in [2.45, 2.75) is 6.42 Å². The summed E-state index contributed by atoms with van der Waals surface area (Å²) in [5, 5.41) is 13.4. The van der Waals surface area contributed by atoms with Crippen LogP contribution in [0.3, 0.4) is 0 Å². The highest BCUT2D eigenvalue weighted by molar-refractivity contribution is 5.94. The largest absolute Gasteiger partial charge is 0.462 e. The van der Waals surface area contributed by atoms with Gasteiger partial charge < -0.3 is 9.73 Å². The maximum atomic E-state index is 9.02. The number of hydrogen-bond acceptors (Lipinski definition) is 3. The molecule has 1 aliphatic heterocycles. The Morgan fingerprint density at radius 1 is 1.35 bits per heavy atom. The second-order valence-electron chi connectivity index (χ2n) is 4.14. The van der Waals surface area contributed by atoms with Crippen LogP contribution in [-0.2, 0) is 0 Å². The molecule has 1 aromatic heterocycles. The zero-order chi connectivity index (χ0) is 11.7. The zero-order valence-electron chi connectivity index (χ0n) is 9.36. The van der Waals surface area contributed by atoms with Crippen molar-refractivity contribution in [3.8, 4) is 6.07 Å². The molecule has 17 heavy (non-hydrogen) atoms. The number of benzene rings is 1. The molecule has 0 amide bonds. The van der Waals surface area contributed by atoms with Crippen molar-refractivity contribution in [2.75, 3.05) is 13.1 Å². The monoisotopic (exact) mass is 224 g/mol. The van der Waals surface area contributed by atoms with E-state index >= 15 is 0 Å². The summed E-state index contributed by atoms with van der Waals surface area (Å²) in [4.78, 5) is 0. The van der Waals surface area contributed by atoms with Gasteiger partial charge in [0.05, 0.1) is 11.8 Å². The van der Waals surface area contributed by atoms with Gasteiger partial charge >= 0.3 is 0 Å². The van der Waals surface area contributed by atoms with Gasteiger partial charge in [-0.05, 0) is 24.6 Å². The van der Waals surface area contributed by atoms with Crippen LogP contribution in [0.15, 0.2) is 35.0 Å². The van der Waals surface area contributed by atoms with E-state index in [1.165, 1.54) is 5.57 Å². The van der Waals surface area contributed by atoms with Crippen molar-refractivity contribution in [3.63, 3.8) is 0 Å². The van der Waals surface area contributed by atoms with E-state index in [0.29, 0.717) is 11.1 Å². The van der Waals surface area contributed by atoms with E-state index in [2.05, 4.69) is 17.5 Å². The molecule has 0 fully saturated rings. The summed E-state index contributed by atoms with van der Waals surface area (Å²) in [6, 6.07) is 7.84. The quantitative estimate of drug-likeness (QED) is 0.810. The third kappa shape index (κ3) is 1.63. The molecule has 84 valence electrons. The fourth-order valence-corrected chi connectivity index (χ4v) is 2.24. The van der Waals surface area contributed by atoms with Gasteiger partial charge in [0.1, 0.15) is 6.07 Å². The first kappa shape index (κ1) is 10.1. The fraction of sp³-hybridized carbons (Fsp3) is 0.214. The van der Waals surface area contributed by atoms with Crippen molar-refractivity contribution in [3.05, 3.63) is 41.7 Å². The molecule has 0 saturated carbocycles. The Kier molecular flexibility index (Phi) is 2.43. The first-order valence-electron chi connectivity index (χ1n) is 5.70. The Balaban J connectivity index is 2.19. The SMILES string of the molecule is N#Cc1cccc2c(C3=CCCNC3)coc12. The second-order valence-corrected chi connectivity index (χ2v) is 4.14. The molecule has 0 aliphatic carbocycles. The molecule has 3 nitrogen and oxygen atoms in total. The average Bonchev–Trinajstić information content (AvgIpc) is 2.83. The van der Waals surface area contributed by atoms with Gasteiger partial charge in [-0.15, -0.1) is 0 Å². The van der Waals surface area contributed by atoms with Crippen LogP contribution in [0.5, 0.6) is 0 Å². The number of nitrogens with one attached hydrogen (secondary N) is 1. The van der Waals surface area contributed by atoms with Crippen molar-refractivity contribution >= 4 is 16.5 Å². The molecule has 1 N–H and O–H groups in total. The van der Waals surface area contributed by atoms with Gasteiger partial charge in [-0.3, -0.25) is 0 Å². The summed E-state index contributed by atoms with van der Waals surface area (Å²) < 4.78 is 5.53. The Morgan fingerprint density at radius 2 is 2.29 bits per heavy atom. The van der Waals surface area contributed by atoms with Gasteiger partial charge in [-0.2, -0.15) is 5.26 Å². The number of nitrogens with zero attached hydrogens (tertiary/aromatic N) is 1. The highest BCUT2D eigenvalue weighted by atomic mass is 16.3. The first-order chi connectivity index (χ1) is 8.40. The van der Waals surface area contributed by atoms with E-state index in [4.69, 9.17) is 9.68 Å². The topological polar surface area (TPSA) is 49.0 Å². The summed E-state index contributed by atoms with van der Waals surface area (Å²) in [7, 11) is 0. The zero-order valence-corrected chi connectivity index (χ0v) is 9.36. The lowest BCUT2D eigenvalue weighted by atomic mass is 10.0. The normalized spacial score (nSPS) is 15.6. The number of nitriles is 1. The Bertz CT molecular complexity index is 631. The van der Waals surface area contributed by atoms with Crippen LogP contribution in [0.2, 0.25) is 0 Å². The third-order valence-electron chi connectivity index (χ3n) is 3.09. The van der Waals surface area contributed by atoms with Crippen LogP contribution in [-0.4, -0.2) is 13.1 Å². The molecule has 1 aliphatic rings. The van der Waals surface area contributed by atoms with E-state index in [9.17, 15) is 0 Å². The molecule has 3 rings (SSSR count). The lowest BCUT2D eigenvalue weighted by Crippen LogP contribution is -2.21. The lowest BCUT2D eigenvalue weighted by molar-refractivity contribution is 0.613. The predicted octanol–water partition coefficient (Wildman–Crippen LogP) is 2.68. The van der Waals surface area contributed by atoms with Crippen LogP contribution >= 0.6 is 0 Å². The van der Waals surface area contributed by atoms with E-state index in [-0.39, 0.29) is 0 Å². The maximum Gasteiger partial charge on any atom is 0.152 e. The maximum absolute atomic E-state index is 9.02. The van der Waals surface area contributed by atoms with Crippen molar-refractivity contribution in [1.82, 2.24) is 5.32 Å². The van der Waals surface area contributed by atoms with E-state index < -0.39 is 0 Å². The standard InChI is InChI=1S/C14H12N2O/c15-7-10-3-1-5-12-13(9-17-14(10)12)11-4-2-6-16-8-11/h1,3-5,9,16H,2,6,8H2. The minimum Gasteiger partial charge on any atom is -0.462 e. The third-order valence-corrected chi connectivity index (χ3v) is 3.09. The molecule has 2 aromatic rings. The molecule has 3 heteroatoms. The molecule has 1 aromatic carbocycles. The molecular formula is C14H12N2O. The first-order valence-corrected chi connectivity index (χ1v) is 5.70. The molecule has 0 bridgehead atoms. The molecular weight excluding hydrogens is 212 g/mol. The van der Waals surface area contributed by atoms with Crippen LogP contribution < -0.4 is 5.32 Å². The highest BCUT2D eigenvalue weighted by Crippen LogP contribution is 2.29. The summed E-state index contributed by atoms with van der Waals surface area (Å²) in [6.45, 7) is 1.90. The van der Waals surface area contributed by atoms with Gasteiger partial charge in [-0.25, -0.2) is 0 Å². The summed E-state index contributed by atoms with van der Waals surface area (Å²) >= 11 is 0. The van der Waals surface area contributed by atoms with Crippen LogP contribution in [0.25, 0.3) is 16.5 Å². The smallest absolute Gasteiger partial charge is 0.152 e. The number of fused-ring (bicyclic) bond motifs is 1. The summed E-state index contributed by atoms with van der Waals surface area (Å²) in [5.74, 6) is 0. The van der Waals surface area contributed by atoms with Crippen molar-refractivity contribution in [1.29, 1.82) is 5.26 Å². The van der Waals surface area contributed by atoms with Gasteiger partial charge in [0.2, 0.25) is 0 Å². The van der Waals surface area contributed by atoms with E-state index in [0.717, 1.165) is 30.5 Å². The molecule has 0 saturated heterocycles. The van der Waals surface area contributed by atoms with Crippen molar-refractivity contribution in [2.24, 2.45) is 0 Å². The minimum atomic E-state index is 0.595. The minimum absolute atomic E-state index is 0.595. The summed E-state index contributed by atoms with van der Waals surface area (Å²) in [6.07, 6.45) is 5.03. The molecule has 0 radical (unpaired) electrons. The predicted molar refractivity (Wildman–Crippen MR) is 66.4 cm³/mol. The number of para-hydroxylation sites is 1. The van der Waals surface area contributed by atoms with Crippen LogP contribution in [0, 0.1) is 11.3 Å². The van der Waals surface area contributed by atoms with Gasteiger partial charge in [0, 0.05) is 17.5 Å². The number of furan rings is 1. The highest BCUT2D eigenvalue weighted by Gasteiger charge is 2.14. The lowest BCUT2D eigenvalue weighted by Gasteiger charge is -2.12. The number of rotatable bonds is 1. The Labute approximate surface area is 99.3 Å². The fourth-order valence-electron chi connectivity index (χ4n) is 2.24.